The van der Waals surface area contributed by atoms with Gasteiger partial charge in [0.25, 0.3) is 5.56 Å². The van der Waals surface area contributed by atoms with Crippen LogP contribution in [0.5, 0.6) is 0 Å². The van der Waals surface area contributed by atoms with Gasteiger partial charge in [-0.3, -0.25) is 19.1 Å². The lowest BCUT2D eigenvalue weighted by atomic mass is 10.2. The summed E-state index contributed by atoms with van der Waals surface area (Å²) >= 11 is 0. The maximum Gasteiger partial charge on any atom is 0.323 e. The summed E-state index contributed by atoms with van der Waals surface area (Å²) in [5, 5.41) is 8.58. The molecule has 2 heterocycles. The molecular weight excluding hydrogens is 222 g/mol. The van der Waals surface area contributed by atoms with Crippen molar-refractivity contribution in [2.45, 2.75) is 6.54 Å². The molecule has 6 heteroatoms. The van der Waals surface area contributed by atoms with Gasteiger partial charge < -0.3 is 5.11 Å². The summed E-state index contributed by atoms with van der Waals surface area (Å²) in [6.45, 7) is -0.386. The van der Waals surface area contributed by atoms with E-state index in [0.717, 1.165) is 10.1 Å². The number of aromatic nitrogens is 3. The molecule has 0 unspecified atom stereocenters. The van der Waals surface area contributed by atoms with Crippen molar-refractivity contribution in [1.82, 2.24) is 14.5 Å². The van der Waals surface area contributed by atoms with Crippen LogP contribution in [0.4, 0.5) is 0 Å². The number of hydrogen-bond donors (Lipinski definition) is 1. The van der Waals surface area contributed by atoms with Crippen molar-refractivity contribution in [2.24, 2.45) is 0 Å². The van der Waals surface area contributed by atoms with Crippen LogP contribution in [-0.4, -0.2) is 25.6 Å². The molecular formula is C11H9N3O3. The number of rotatable bonds is 3. The quantitative estimate of drug-likeness (QED) is 0.825. The number of carboxylic acid groups (broad SMARTS) is 1. The Labute approximate surface area is 96.2 Å². The fraction of sp³-hybridized carbons (Fsp3) is 0.0909. The number of pyridine rings is 1. The standard InChI is InChI=1S/C11H9N3O3/c15-10-5-9(8-1-3-12-4-2-8)13-7-14(10)6-11(16)17/h1-5,7H,6H2,(H,16,17). The smallest absolute Gasteiger partial charge is 0.323 e. The second-order valence-electron chi connectivity index (χ2n) is 3.37. The first-order valence-electron chi connectivity index (χ1n) is 4.85. The van der Waals surface area contributed by atoms with Crippen LogP contribution in [0.2, 0.25) is 0 Å². The van der Waals surface area contributed by atoms with Crippen molar-refractivity contribution in [3.8, 4) is 11.3 Å². The molecule has 0 saturated heterocycles. The fourth-order valence-corrected chi connectivity index (χ4v) is 1.37. The van der Waals surface area contributed by atoms with Crippen LogP contribution in [-0.2, 0) is 11.3 Å². The molecule has 1 N–H and O–H groups in total. The van der Waals surface area contributed by atoms with Gasteiger partial charge in [-0.05, 0) is 12.1 Å². The first-order valence-corrected chi connectivity index (χ1v) is 4.85. The Kier molecular flexibility index (Phi) is 2.95. The number of aliphatic carboxylic acids is 1. The average molecular weight is 231 g/mol. The highest BCUT2D eigenvalue weighted by Gasteiger charge is 2.05. The van der Waals surface area contributed by atoms with Crippen LogP contribution in [0.1, 0.15) is 0 Å². The Hall–Kier alpha value is -2.50. The molecule has 0 fully saturated rings. The van der Waals surface area contributed by atoms with Gasteiger partial charge in [0, 0.05) is 24.0 Å². The molecule has 0 aromatic carbocycles. The highest BCUT2D eigenvalue weighted by Crippen LogP contribution is 2.12. The minimum atomic E-state index is -1.08. The summed E-state index contributed by atoms with van der Waals surface area (Å²) < 4.78 is 1.03. The first kappa shape index (κ1) is 11.0. The van der Waals surface area contributed by atoms with E-state index in [1.54, 1.807) is 24.5 Å². The molecule has 0 aliphatic heterocycles. The molecule has 0 atom stereocenters. The van der Waals surface area contributed by atoms with Crippen molar-refractivity contribution < 1.29 is 9.90 Å². The molecule has 2 aromatic heterocycles. The Morgan fingerprint density at radius 2 is 2.06 bits per heavy atom. The summed E-state index contributed by atoms with van der Waals surface area (Å²) in [5.41, 5.74) is 0.868. The maximum absolute atomic E-state index is 11.6. The fourth-order valence-electron chi connectivity index (χ4n) is 1.37. The lowest BCUT2D eigenvalue weighted by Crippen LogP contribution is -2.23. The molecule has 86 valence electrons. The molecule has 0 spiro atoms. The van der Waals surface area contributed by atoms with Gasteiger partial charge in [-0.25, -0.2) is 4.98 Å². The summed E-state index contributed by atoms with van der Waals surface area (Å²) in [6, 6.07) is 4.75. The van der Waals surface area contributed by atoms with Crippen molar-refractivity contribution in [2.75, 3.05) is 0 Å². The third-order valence-corrected chi connectivity index (χ3v) is 2.16. The molecule has 6 nitrogen and oxygen atoms in total. The molecule has 0 radical (unpaired) electrons. The molecule has 17 heavy (non-hydrogen) atoms. The molecule has 2 aromatic rings. The SMILES string of the molecule is O=C(O)Cn1cnc(-c2ccncc2)cc1=O. The lowest BCUT2D eigenvalue weighted by Gasteiger charge is -2.03. The van der Waals surface area contributed by atoms with E-state index in [1.807, 2.05) is 0 Å². The molecule has 0 aliphatic rings. The minimum Gasteiger partial charge on any atom is -0.480 e. The predicted octanol–water partition coefficient (Wildman–Crippen LogP) is 0.390. The highest BCUT2D eigenvalue weighted by atomic mass is 16.4. The number of carbonyl (C=O) groups is 1. The van der Waals surface area contributed by atoms with Crippen molar-refractivity contribution in [3.63, 3.8) is 0 Å². The van der Waals surface area contributed by atoms with E-state index in [1.165, 1.54) is 12.4 Å². The van der Waals surface area contributed by atoms with Crippen LogP contribution in [0.15, 0.2) is 41.7 Å². The third-order valence-electron chi connectivity index (χ3n) is 2.16. The molecule has 0 saturated carbocycles. The Balaban J connectivity index is 2.38. The second kappa shape index (κ2) is 4.56. The average Bonchev–Trinajstić information content (AvgIpc) is 2.32. The first-order chi connectivity index (χ1) is 8.16. The number of carboxylic acids is 1. The summed E-state index contributed by atoms with van der Waals surface area (Å²) in [4.78, 5) is 30.0. The normalized spacial score (nSPS) is 10.1. The van der Waals surface area contributed by atoms with Gasteiger partial charge in [0.2, 0.25) is 0 Å². The van der Waals surface area contributed by atoms with Crippen LogP contribution < -0.4 is 5.56 Å². The van der Waals surface area contributed by atoms with Crippen molar-refractivity contribution >= 4 is 5.97 Å². The number of nitrogens with zero attached hydrogens (tertiary/aromatic N) is 3. The zero-order valence-corrected chi connectivity index (χ0v) is 8.78. The zero-order valence-electron chi connectivity index (χ0n) is 8.78. The van der Waals surface area contributed by atoms with E-state index < -0.39 is 11.5 Å². The Morgan fingerprint density at radius 1 is 1.35 bits per heavy atom. The van der Waals surface area contributed by atoms with Gasteiger partial charge in [-0.15, -0.1) is 0 Å². The molecule has 0 aliphatic carbocycles. The van der Waals surface area contributed by atoms with Crippen LogP contribution in [0.25, 0.3) is 11.3 Å². The van der Waals surface area contributed by atoms with Crippen LogP contribution in [0.3, 0.4) is 0 Å². The minimum absolute atomic E-state index is 0.386. The predicted molar refractivity (Wildman–Crippen MR) is 59.4 cm³/mol. The summed E-state index contributed by atoms with van der Waals surface area (Å²) in [7, 11) is 0. The maximum atomic E-state index is 11.6. The zero-order chi connectivity index (χ0) is 12.3. The number of hydrogen-bond acceptors (Lipinski definition) is 4. The molecule has 0 bridgehead atoms. The van der Waals surface area contributed by atoms with Gasteiger partial charge in [-0.1, -0.05) is 0 Å². The lowest BCUT2D eigenvalue weighted by molar-refractivity contribution is -0.137. The van der Waals surface area contributed by atoms with Gasteiger partial charge in [0.15, 0.2) is 0 Å². The van der Waals surface area contributed by atoms with E-state index in [-0.39, 0.29) is 6.54 Å². The van der Waals surface area contributed by atoms with E-state index in [4.69, 9.17) is 5.11 Å². The molecule has 2 rings (SSSR count). The van der Waals surface area contributed by atoms with Gasteiger partial charge >= 0.3 is 5.97 Å². The van der Waals surface area contributed by atoms with Crippen molar-refractivity contribution in [1.29, 1.82) is 0 Å². The topological polar surface area (TPSA) is 85.1 Å². The Bertz CT molecular complexity index is 592. The van der Waals surface area contributed by atoms with Gasteiger partial charge in [0.05, 0.1) is 12.0 Å². The molecule has 0 amide bonds. The Morgan fingerprint density at radius 3 is 2.65 bits per heavy atom. The van der Waals surface area contributed by atoms with E-state index in [2.05, 4.69) is 9.97 Å². The third kappa shape index (κ3) is 2.54. The van der Waals surface area contributed by atoms with Crippen LogP contribution >= 0.6 is 0 Å². The van der Waals surface area contributed by atoms with E-state index >= 15 is 0 Å². The summed E-state index contributed by atoms with van der Waals surface area (Å²) in [5.74, 6) is -1.08. The largest absolute Gasteiger partial charge is 0.480 e. The van der Waals surface area contributed by atoms with Gasteiger partial charge in [-0.2, -0.15) is 0 Å². The van der Waals surface area contributed by atoms with E-state index in [0.29, 0.717) is 5.69 Å². The van der Waals surface area contributed by atoms with E-state index in [9.17, 15) is 9.59 Å². The second-order valence-corrected chi connectivity index (χ2v) is 3.37. The van der Waals surface area contributed by atoms with Crippen molar-refractivity contribution in [3.05, 3.63) is 47.3 Å². The highest BCUT2D eigenvalue weighted by molar-refractivity contribution is 5.66. The van der Waals surface area contributed by atoms with Crippen LogP contribution in [0, 0.1) is 0 Å². The summed E-state index contributed by atoms with van der Waals surface area (Å²) in [6.07, 6.45) is 4.42. The monoisotopic (exact) mass is 231 g/mol. The van der Waals surface area contributed by atoms with Gasteiger partial charge in [0.1, 0.15) is 6.54 Å².